The second kappa shape index (κ2) is 3.37. The summed E-state index contributed by atoms with van der Waals surface area (Å²) in [6, 6.07) is 1.26. The van der Waals surface area contributed by atoms with Gasteiger partial charge in [0.25, 0.3) is 0 Å². The summed E-state index contributed by atoms with van der Waals surface area (Å²) in [4.78, 5) is 3.90. The molecule has 1 aliphatic heterocycles. The molecule has 0 unspecified atom stereocenters. The first-order valence-electron chi connectivity index (χ1n) is 4.39. The van der Waals surface area contributed by atoms with Crippen molar-refractivity contribution in [3.63, 3.8) is 0 Å². The molecule has 2 heterocycles. The Morgan fingerprint density at radius 3 is 2.86 bits per heavy atom. The van der Waals surface area contributed by atoms with Crippen molar-refractivity contribution in [2.75, 3.05) is 18.4 Å². The fourth-order valence-corrected chi connectivity index (χ4v) is 1.53. The van der Waals surface area contributed by atoms with E-state index in [1.54, 1.807) is 0 Å². The summed E-state index contributed by atoms with van der Waals surface area (Å²) in [6.07, 6.45) is 1.43. The lowest BCUT2D eigenvalue weighted by Gasteiger charge is -2.40. The van der Waals surface area contributed by atoms with Crippen LogP contribution in [0.1, 0.15) is 6.92 Å². The summed E-state index contributed by atoms with van der Waals surface area (Å²) in [5.41, 5.74) is -0.0956. The predicted octanol–water partition coefficient (Wildman–Crippen LogP) is 1.65. The van der Waals surface area contributed by atoms with Crippen molar-refractivity contribution in [2.45, 2.75) is 12.5 Å². The molecule has 2 N–H and O–H groups in total. The maximum atomic E-state index is 13.3. The van der Waals surface area contributed by atoms with Gasteiger partial charge in [-0.05, 0) is 13.0 Å². The van der Waals surface area contributed by atoms with Crippen LogP contribution in [0.25, 0.3) is 0 Å². The third-order valence-corrected chi connectivity index (χ3v) is 2.47. The third kappa shape index (κ3) is 1.81. The monoisotopic (exact) mass is 215 g/mol. The number of pyridine rings is 1. The van der Waals surface area contributed by atoms with Gasteiger partial charge in [0.15, 0.2) is 11.6 Å². The lowest BCUT2D eigenvalue weighted by molar-refractivity contribution is 0.336. The molecule has 0 atom stereocenters. The zero-order valence-corrected chi connectivity index (χ0v) is 8.53. The Balaban J connectivity index is 2.16. The number of rotatable bonds is 2. The van der Waals surface area contributed by atoms with Gasteiger partial charge in [-0.2, -0.15) is 0 Å². The molecular weight excluding hydrogens is 205 g/mol. The van der Waals surface area contributed by atoms with Gasteiger partial charge in [0, 0.05) is 19.3 Å². The van der Waals surface area contributed by atoms with Crippen LogP contribution in [-0.4, -0.2) is 23.6 Å². The van der Waals surface area contributed by atoms with Crippen LogP contribution >= 0.6 is 11.6 Å². The molecule has 1 aromatic heterocycles. The minimum absolute atomic E-state index is 0.0956. The average Bonchev–Trinajstić information content (AvgIpc) is 2.07. The standard InChI is InChI=1S/C9H11ClFN3/c1-9(4-12-5-9)14-8-7(11)2-6(10)3-13-8/h2-3,12H,4-5H2,1H3,(H,13,14). The first kappa shape index (κ1) is 9.68. The Morgan fingerprint density at radius 1 is 1.64 bits per heavy atom. The average molecular weight is 216 g/mol. The van der Waals surface area contributed by atoms with E-state index in [0.29, 0.717) is 5.02 Å². The summed E-state index contributed by atoms with van der Waals surface area (Å²) >= 11 is 5.59. The number of anilines is 1. The van der Waals surface area contributed by atoms with E-state index in [2.05, 4.69) is 15.6 Å². The van der Waals surface area contributed by atoms with Crippen LogP contribution in [-0.2, 0) is 0 Å². The second-order valence-corrected chi connectivity index (χ2v) is 4.21. The lowest BCUT2D eigenvalue weighted by atomic mass is 9.95. The van der Waals surface area contributed by atoms with E-state index in [0.717, 1.165) is 13.1 Å². The van der Waals surface area contributed by atoms with Crippen LogP contribution in [0.5, 0.6) is 0 Å². The Labute approximate surface area is 86.7 Å². The minimum Gasteiger partial charge on any atom is -0.360 e. The van der Waals surface area contributed by atoms with E-state index in [4.69, 9.17) is 11.6 Å². The van der Waals surface area contributed by atoms with Gasteiger partial charge in [0.1, 0.15) is 0 Å². The molecule has 2 rings (SSSR count). The van der Waals surface area contributed by atoms with E-state index >= 15 is 0 Å². The Bertz CT molecular complexity index is 352. The molecule has 3 nitrogen and oxygen atoms in total. The van der Waals surface area contributed by atoms with Crippen LogP contribution in [0.4, 0.5) is 10.2 Å². The molecule has 0 aliphatic carbocycles. The molecule has 0 amide bonds. The molecule has 1 aliphatic rings. The molecule has 0 spiro atoms. The molecule has 0 saturated carbocycles. The summed E-state index contributed by atoms with van der Waals surface area (Å²) in [5.74, 6) is -0.149. The van der Waals surface area contributed by atoms with Crippen LogP contribution < -0.4 is 10.6 Å². The lowest BCUT2D eigenvalue weighted by Crippen LogP contribution is -2.62. The minimum atomic E-state index is -0.411. The van der Waals surface area contributed by atoms with E-state index < -0.39 is 5.82 Å². The summed E-state index contributed by atoms with van der Waals surface area (Å²) in [5, 5.41) is 6.47. The summed E-state index contributed by atoms with van der Waals surface area (Å²) in [7, 11) is 0. The quantitative estimate of drug-likeness (QED) is 0.788. The Hall–Kier alpha value is -0.870. The second-order valence-electron chi connectivity index (χ2n) is 3.77. The highest BCUT2D eigenvalue weighted by molar-refractivity contribution is 6.30. The van der Waals surface area contributed by atoms with Gasteiger partial charge < -0.3 is 10.6 Å². The number of aromatic nitrogens is 1. The Morgan fingerprint density at radius 2 is 2.36 bits per heavy atom. The molecule has 76 valence electrons. The highest BCUT2D eigenvalue weighted by Crippen LogP contribution is 2.21. The van der Waals surface area contributed by atoms with Gasteiger partial charge in [-0.3, -0.25) is 0 Å². The Kier molecular flexibility index (Phi) is 2.33. The first-order valence-corrected chi connectivity index (χ1v) is 4.77. The third-order valence-electron chi connectivity index (χ3n) is 2.26. The topological polar surface area (TPSA) is 37.0 Å². The van der Waals surface area contributed by atoms with Crippen molar-refractivity contribution in [1.82, 2.24) is 10.3 Å². The van der Waals surface area contributed by atoms with Gasteiger partial charge in [0.2, 0.25) is 0 Å². The number of halogens is 2. The smallest absolute Gasteiger partial charge is 0.166 e. The largest absolute Gasteiger partial charge is 0.360 e. The fourth-order valence-electron chi connectivity index (χ4n) is 1.38. The van der Waals surface area contributed by atoms with Crippen molar-refractivity contribution in [1.29, 1.82) is 0 Å². The highest BCUT2D eigenvalue weighted by atomic mass is 35.5. The van der Waals surface area contributed by atoms with Gasteiger partial charge in [-0.1, -0.05) is 11.6 Å². The zero-order chi connectivity index (χ0) is 10.2. The summed E-state index contributed by atoms with van der Waals surface area (Å²) < 4.78 is 13.3. The molecule has 0 bridgehead atoms. The maximum Gasteiger partial charge on any atom is 0.166 e. The van der Waals surface area contributed by atoms with Crippen LogP contribution in [0.3, 0.4) is 0 Å². The fraction of sp³-hybridized carbons (Fsp3) is 0.444. The number of hydrogen-bond donors (Lipinski definition) is 2. The molecule has 5 heteroatoms. The predicted molar refractivity (Wildman–Crippen MR) is 54.1 cm³/mol. The molecule has 1 fully saturated rings. The van der Waals surface area contributed by atoms with Crippen molar-refractivity contribution >= 4 is 17.4 Å². The number of hydrogen-bond acceptors (Lipinski definition) is 3. The number of nitrogens with one attached hydrogen (secondary N) is 2. The van der Waals surface area contributed by atoms with E-state index in [1.165, 1.54) is 12.3 Å². The van der Waals surface area contributed by atoms with Gasteiger partial charge in [-0.25, -0.2) is 9.37 Å². The van der Waals surface area contributed by atoms with Gasteiger partial charge >= 0.3 is 0 Å². The molecule has 0 aromatic carbocycles. The van der Waals surface area contributed by atoms with Crippen molar-refractivity contribution in [3.05, 3.63) is 23.1 Å². The normalized spacial score (nSPS) is 18.8. The van der Waals surface area contributed by atoms with E-state index in [1.807, 2.05) is 6.92 Å². The number of nitrogens with zero attached hydrogens (tertiary/aromatic N) is 1. The van der Waals surface area contributed by atoms with Crippen molar-refractivity contribution < 1.29 is 4.39 Å². The highest BCUT2D eigenvalue weighted by Gasteiger charge is 2.32. The van der Waals surface area contributed by atoms with Gasteiger partial charge in [0.05, 0.1) is 10.6 Å². The van der Waals surface area contributed by atoms with Crippen LogP contribution in [0, 0.1) is 5.82 Å². The van der Waals surface area contributed by atoms with Crippen molar-refractivity contribution in [2.24, 2.45) is 0 Å². The SMILES string of the molecule is CC1(Nc2ncc(Cl)cc2F)CNC1. The van der Waals surface area contributed by atoms with Gasteiger partial charge in [-0.15, -0.1) is 0 Å². The van der Waals surface area contributed by atoms with Crippen LogP contribution in [0.15, 0.2) is 12.3 Å². The molecule has 1 saturated heterocycles. The van der Waals surface area contributed by atoms with E-state index in [-0.39, 0.29) is 11.4 Å². The van der Waals surface area contributed by atoms with Crippen molar-refractivity contribution in [3.8, 4) is 0 Å². The maximum absolute atomic E-state index is 13.3. The van der Waals surface area contributed by atoms with Crippen LogP contribution in [0.2, 0.25) is 5.02 Å². The summed E-state index contributed by atoms with van der Waals surface area (Å²) in [6.45, 7) is 3.65. The zero-order valence-electron chi connectivity index (χ0n) is 7.77. The first-order chi connectivity index (χ1) is 6.59. The molecule has 0 radical (unpaired) electrons. The molecule has 1 aromatic rings. The molecule has 14 heavy (non-hydrogen) atoms. The van der Waals surface area contributed by atoms with E-state index in [9.17, 15) is 4.39 Å². The molecular formula is C9H11ClFN3.